The van der Waals surface area contributed by atoms with Gasteiger partial charge in [-0.25, -0.2) is 0 Å². The molecule has 0 spiro atoms. The number of ether oxygens (including phenoxy) is 1. The minimum atomic E-state index is 0.660. The lowest BCUT2D eigenvalue weighted by molar-refractivity contribution is 0.340. The van der Waals surface area contributed by atoms with Gasteiger partial charge < -0.3 is 15.4 Å². The Kier molecular flexibility index (Phi) is 9.06. The van der Waals surface area contributed by atoms with Gasteiger partial charge in [0.1, 0.15) is 5.75 Å². The molecule has 0 amide bonds. The average Bonchev–Trinajstić information content (AvgIpc) is 2.78. The van der Waals surface area contributed by atoms with Crippen LogP contribution in [-0.4, -0.2) is 18.3 Å². The van der Waals surface area contributed by atoms with E-state index in [1.807, 2.05) is 36.9 Å². The molecular weight excluding hydrogens is 408 g/mol. The lowest BCUT2D eigenvalue weighted by atomic mass is 10.1. The maximum atomic E-state index is 5.48. The van der Waals surface area contributed by atoms with Crippen LogP contribution in [0.5, 0.6) is 5.75 Å². The van der Waals surface area contributed by atoms with Crippen molar-refractivity contribution in [3.63, 3.8) is 0 Å². The van der Waals surface area contributed by atoms with Gasteiger partial charge in [0.05, 0.1) is 6.61 Å². The fourth-order valence-corrected chi connectivity index (χ4v) is 4.05. The summed E-state index contributed by atoms with van der Waals surface area (Å²) in [6.07, 6.45) is 2.03. The molecule has 0 unspecified atom stereocenters. The molecule has 0 saturated heterocycles. The van der Waals surface area contributed by atoms with Crippen LogP contribution in [0.25, 0.3) is 0 Å². The molecule has 0 fully saturated rings. The minimum Gasteiger partial charge on any atom is -0.494 e. The molecule has 3 aromatic rings. The quantitative estimate of drug-likeness (QED) is 0.221. The number of nitrogens with one attached hydrogen (secondary N) is 2. The zero-order valence-electron chi connectivity index (χ0n) is 17.3. The van der Waals surface area contributed by atoms with Crippen LogP contribution in [-0.2, 0) is 12.2 Å². The van der Waals surface area contributed by atoms with E-state index in [-0.39, 0.29) is 0 Å². The van der Waals surface area contributed by atoms with Crippen molar-refractivity contribution in [1.82, 2.24) is 5.32 Å². The maximum Gasteiger partial charge on any atom is 0.170 e. The second-order valence-electron chi connectivity index (χ2n) is 6.86. The summed E-state index contributed by atoms with van der Waals surface area (Å²) in [6, 6.07) is 27.2. The SMILES string of the molecule is CCOc1ccc(CCCNC(=S)Nc2ccc(CSc3ccccc3)cc2)cc1. The second kappa shape index (κ2) is 12.3. The molecule has 3 nitrogen and oxygen atoms in total. The van der Waals surface area contributed by atoms with E-state index < -0.39 is 0 Å². The van der Waals surface area contributed by atoms with Crippen LogP contribution in [0, 0.1) is 0 Å². The van der Waals surface area contributed by atoms with Crippen LogP contribution in [0.3, 0.4) is 0 Å². The molecular formula is C25H28N2OS2. The first-order valence-electron chi connectivity index (χ1n) is 10.3. The van der Waals surface area contributed by atoms with Gasteiger partial charge in [0, 0.05) is 22.9 Å². The van der Waals surface area contributed by atoms with Gasteiger partial charge >= 0.3 is 0 Å². The summed E-state index contributed by atoms with van der Waals surface area (Å²) in [5, 5.41) is 7.21. The Bertz CT molecular complexity index is 897. The fourth-order valence-electron chi connectivity index (χ4n) is 2.96. The Morgan fingerprint density at radius 3 is 2.30 bits per heavy atom. The molecule has 156 valence electrons. The Morgan fingerprint density at radius 2 is 1.60 bits per heavy atom. The third kappa shape index (κ3) is 7.73. The molecule has 3 rings (SSSR count). The van der Waals surface area contributed by atoms with Crippen LogP contribution < -0.4 is 15.4 Å². The summed E-state index contributed by atoms with van der Waals surface area (Å²) in [5.74, 6) is 1.88. The summed E-state index contributed by atoms with van der Waals surface area (Å²) < 4.78 is 5.48. The number of thioether (sulfide) groups is 1. The van der Waals surface area contributed by atoms with E-state index in [0.717, 1.165) is 36.6 Å². The highest BCUT2D eigenvalue weighted by atomic mass is 32.2. The Hall–Kier alpha value is -2.50. The van der Waals surface area contributed by atoms with Gasteiger partial charge in [0.25, 0.3) is 0 Å². The molecule has 2 N–H and O–H groups in total. The van der Waals surface area contributed by atoms with Gasteiger partial charge in [0.2, 0.25) is 0 Å². The molecule has 0 atom stereocenters. The largest absolute Gasteiger partial charge is 0.494 e. The van der Waals surface area contributed by atoms with Crippen molar-refractivity contribution in [2.75, 3.05) is 18.5 Å². The normalized spacial score (nSPS) is 10.4. The standard InChI is InChI=1S/C25H28N2OS2/c1-2-28-23-16-12-20(13-17-23)7-6-18-26-25(29)27-22-14-10-21(11-15-22)19-30-24-8-4-3-5-9-24/h3-5,8-17H,2,6-7,18-19H2,1H3,(H2,26,27,29). The van der Waals surface area contributed by atoms with Crippen molar-refractivity contribution < 1.29 is 4.74 Å². The van der Waals surface area contributed by atoms with Gasteiger partial charge in [-0.2, -0.15) is 0 Å². The summed E-state index contributed by atoms with van der Waals surface area (Å²) in [7, 11) is 0. The predicted octanol–water partition coefficient (Wildman–Crippen LogP) is 6.30. The second-order valence-corrected chi connectivity index (χ2v) is 8.32. The molecule has 0 radical (unpaired) electrons. The maximum absolute atomic E-state index is 5.48. The first-order valence-corrected chi connectivity index (χ1v) is 11.7. The summed E-state index contributed by atoms with van der Waals surface area (Å²) >= 11 is 7.26. The van der Waals surface area contributed by atoms with Gasteiger partial charge in [-0.15, -0.1) is 11.8 Å². The van der Waals surface area contributed by atoms with Crippen LogP contribution in [0.15, 0.2) is 83.8 Å². The minimum absolute atomic E-state index is 0.660. The molecule has 0 aliphatic rings. The third-order valence-corrected chi connectivity index (χ3v) is 5.85. The highest BCUT2D eigenvalue weighted by molar-refractivity contribution is 7.98. The number of aryl methyl sites for hydroxylation is 1. The molecule has 0 saturated carbocycles. The van der Waals surface area contributed by atoms with Crippen LogP contribution in [0.1, 0.15) is 24.5 Å². The molecule has 0 bridgehead atoms. The monoisotopic (exact) mass is 436 g/mol. The van der Waals surface area contributed by atoms with E-state index in [9.17, 15) is 0 Å². The van der Waals surface area contributed by atoms with E-state index in [4.69, 9.17) is 17.0 Å². The zero-order valence-corrected chi connectivity index (χ0v) is 18.9. The Balaban J connectivity index is 1.34. The fraction of sp³-hybridized carbons (Fsp3) is 0.240. The smallest absolute Gasteiger partial charge is 0.170 e. The average molecular weight is 437 g/mol. The summed E-state index contributed by atoms with van der Waals surface area (Å²) in [5.41, 5.74) is 3.61. The predicted molar refractivity (Wildman–Crippen MR) is 133 cm³/mol. The van der Waals surface area contributed by atoms with Crippen LogP contribution >= 0.6 is 24.0 Å². The van der Waals surface area contributed by atoms with Crippen molar-refractivity contribution in [3.05, 3.63) is 90.0 Å². The molecule has 3 aromatic carbocycles. The van der Waals surface area contributed by atoms with Crippen LogP contribution in [0.4, 0.5) is 5.69 Å². The lowest BCUT2D eigenvalue weighted by Gasteiger charge is -2.11. The number of benzene rings is 3. The van der Waals surface area contributed by atoms with E-state index >= 15 is 0 Å². The van der Waals surface area contributed by atoms with Crippen LogP contribution in [0.2, 0.25) is 0 Å². The summed E-state index contributed by atoms with van der Waals surface area (Å²) in [6.45, 7) is 3.53. The molecule has 0 aliphatic carbocycles. The molecule has 30 heavy (non-hydrogen) atoms. The topological polar surface area (TPSA) is 33.3 Å². The van der Waals surface area contributed by atoms with Gasteiger partial charge in [-0.1, -0.05) is 42.5 Å². The third-order valence-electron chi connectivity index (χ3n) is 4.52. The van der Waals surface area contributed by atoms with Gasteiger partial charge in [0.15, 0.2) is 5.11 Å². The highest BCUT2D eigenvalue weighted by Gasteiger charge is 2.01. The molecule has 0 aliphatic heterocycles. The Morgan fingerprint density at radius 1 is 0.900 bits per heavy atom. The highest BCUT2D eigenvalue weighted by Crippen LogP contribution is 2.23. The van der Waals surface area contributed by atoms with Crippen molar-refractivity contribution in [3.8, 4) is 5.75 Å². The summed E-state index contributed by atoms with van der Waals surface area (Å²) in [4.78, 5) is 1.29. The van der Waals surface area contributed by atoms with Crippen molar-refractivity contribution >= 4 is 34.8 Å². The van der Waals surface area contributed by atoms with E-state index in [1.165, 1.54) is 16.0 Å². The van der Waals surface area contributed by atoms with E-state index in [0.29, 0.717) is 11.7 Å². The van der Waals surface area contributed by atoms with E-state index in [2.05, 4.69) is 71.3 Å². The zero-order chi connectivity index (χ0) is 21.0. The molecule has 0 aromatic heterocycles. The van der Waals surface area contributed by atoms with E-state index in [1.54, 1.807) is 0 Å². The molecule has 5 heteroatoms. The number of hydrogen-bond donors (Lipinski definition) is 2. The Labute approximate surface area is 189 Å². The lowest BCUT2D eigenvalue weighted by Crippen LogP contribution is -2.29. The number of rotatable bonds is 10. The van der Waals surface area contributed by atoms with Crippen molar-refractivity contribution in [1.29, 1.82) is 0 Å². The number of anilines is 1. The van der Waals surface area contributed by atoms with Gasteiger partial charge in [-0.3, -0.25) is 0 Å². The molecule has 0 heterocycles. The first kappa shape index (κ1) is 22.2. The van der Waals surface area contributed by atoms with Crippen molar-refractivity contribution in [2.45, 2.75) is 30.4 Å². The first-order chi connectivity index (χ1) is 14.7. The number of hydrogen-bond acceptors (Lipinski definition) is 3. The van der Waals surface area contributed by atoms with Crippen molar-refractivity contribution in [2.24, 2.45) is 0 Å². The van der Waals surface area contributed by atoms with Gasteiger partial charge in [-0.05, 0) is 79.5 Å². The number of thiocarbonyl (C=S) groups is 1.